The summed E-state index contributed by atoms with van der Waals surface area (Å²) < 4.78 is 0. The van der Waals surface area contributed by atoms with Gasteiger partial charge in [-0.25, -0.2) is 29.7 Å². The topological polar surface area (TPSA) is 137 Å². The van der Waals surface area contributed by atoms with Gasteiger partial charge in [0.2, 0.25) is 5.95 Å². The number of carboxylic acid groups (broad SMARTS) is 1. The summed E-state index contributed by atoms with van der Waals surface area (Å²) in [5.41, 5.74) is 2.45. The zero-order valence-electron chi connectivity index (χ0n) is 23.6. The molecule has 0 unspecified atom stereocenters. The molecule has 4 aromatic heterocycles. The van der Waals surface area contributed by atoms with Crippen molar-refractivity contribution in [3.05, 3.63) is 57.9 Å². The van der Waals surface area contributed by atoms with Crippen molar-refractivity contribution in [2.24, 2.45) is 0 Å². The first-order valence-corrected chi connectivity index (χ1v) is 15.2. The average Bonchev–Trinajstić information content (AvgIpc) is 3.57. The summed E-state index contributed by atoms with van der Waals surface area (Å²) in [5.74, 6) is -0.0271. The van der Waals surface area contributed by atoms with E-state index >= 15 is 0 Å². The van der Waals surface area contributed by atoms with Crippen LogP contribution in [-0.2, 0) is 0 Å². The Morgan fingerprint density at radius 3 is 2.29 bits per heavy atom. The van der Waals surface area contributed by atoms with E-state index in [1.54, 1.807) is 29.7 Å². The molecule has 216 valence electrons. The van der Waals surface area contributed by atoms with Crippen molar-refractivity contribution in [3.63, 3.8) is 0 Å². The normalized spacial score (nSPS) is 10.9. The predicted molar refractivity (Wildman–Crippen MR) is 163 cm³/mol. The van der Waals surface area contributed by atoms with E-state index in [0.29, 0.717) is 49.9 Å². The molecule has 0 atom stereocenters. The molecule has 4 rings (SSSR count). The number of rotatable bonds is 14. The molecule has 13 heteroatoms. The second-order valence-electron chi connectivity index (χ2n) is 9.40. The molecule has 0 aromatic carbocycles. The third-order valence-electron chi connectivity index (χ3n) is 6.36. The highest BCUT2D eigenvalue weighted by atomic mass is 32.1. The molecule has 4 heterocycles. The van der Waals surface area contributed by atoms with Crippen LogP contribution in [0.4, 0.5) is 16.9 Å². The zero-order chi connectivity index (χ0) is 29.4. The Morgan fingerprint density at radius 1 is 0.951 bits per heavy atom. The van der Waals surface area contributed by atoms with Gasteiger partial charge in [0.25, 0.3) is 5.91 Å². The summed E-state index contributed by atoms with van der Waals surface area (Å²) >= 11 is 3.13. The summed E-state index contributed by atoms with van der Waals surface area (Å²) in [7, 11) is 0. The number of aryl methyl sites for hydroxylation is 2. The van der Waals surface area contributed by atoms with E-state index in [9.17, 15) is 9.59 Å². The molecule has 2 N–H and O–H groups in total. The number of amides is 1. The standard InChI is InChI=1S/C28H34N8O3S2/c1-5-7-11-36(13-8-12-35(6-2)27-30-15-21(16-31-27)26(38)39)25(37)20-9-10-23(29-14-20)34-28-33-22(17-40-28)24-18(3)32-19(4)41-24/h9-10,14-17H,5-8,11-13H2,1-4H3,(H,38,39)(H,29,33,34). The second-order valence-corrected chi connectivity index (χ2v) is 11.5. The van der Waals surface area contributed by atoms with Crippen molar-refractivity contribution in [2.75, 3.05) is 36.4 Å². The molecule has 0 saturated carbocycles. The van der Waals surface area contributed by atoms with E-state index in [2.05, 4.69) is 37.2 Å². The Labute approximate surface area is 247 Å². The van der Waals surface area contributed by atoms with Crippen LogP contribution in [0.3, 0.4) is 0 Å². The molecule has 0 spiro atoms. The first-order chi connectivity index (χ1) is 19.8. The fourth-order valence-electron chi connectivity index (χ4n) is 4.20. The Bertz CT molecular complexity index is 1450. The number of nitrogens with one attached hydrogen (secondary N) is 1. The molecule has 1 amide bonds. The van der Waals surface area contributed by atoms with E-state index in [-0.39, 0.29) is 11.5 Å². The van der Waals surface area contributed by atoms with Gasteiger partial charge >= 0.3 is 5.97 Å². The fraction of sp³-hybridized carbons (Fsp3) is 0.393. The smallest absolute Gasteiger partial charge is 0.338 e. The fourth-order valence-corrected chi connectivity index (χ4v) is 5.87. The zero-order valence-corrected chi connectivity index (χ0v) is 25.3. The van der Waals surface area contributed by atoms with Gasteiger partial charge in [-0.2, -0.15) is 0 Å². The number of aromatic carboxylic acids is 1. The molecule has 4 aromatic rings. The van der Waals surface area contributed by atoms with Crippen LogP contribution in [0.2, 0.25) is 0 Å². The lowest BCUT2D eigenvalue weighted by atomic mass is 10.2. The van der Waals surface area contributed by atoms with E-state index in [1.807, 2.05) is 36.0 Å². The van der Waals surface area contributed by atoms with Gasteiger partial charge in [-0.3, -0.25) is 4.79 Å². The molecule has 0 saturated heterocycles. The number of nitrogens with zero attached hydrogens (tertiary/aromatic N) is 7. The van der Waals surface area contributed by atoms with Crippen LogP contribution < -0.4 is 10.2 Å². The minimum Gasteiger partial charge on any atom is -0.478 e. The highest BCUT2D eigenvalue weighted by Gasteiger charge is 2.18. The number of carboxylic acids is 1. The van der Waals surface area contributed by atoms with Crippen molar-refractivity contribution in [1.29, 1.82) is 0 Å². The summed E-state index contributed by atoms with van der Waals surface area (Å²) in [4.78, 5) is 51.4. The predicted octanol–water partition coefficient (Wildman–Crippen LogP) is 5.67. The van der Waals surface area contributed by atoms with Crippen molar-refractivity contribution in [1.82, 2.24) is 29.8 Å². The maximum Gasteiger partial charge on any atom is 0.338 e. The molecule has 0 aliphatic rings. The maximum atomic E-state index is 13.4. The van der Waals surface area contributed by atoms with Gasteiger partial charge in [0.1, 0.15) is 5.82 Å². The quantitative estimate of drug-likeness (QED) is 0.188. The van der Waals surface area contributed by atoms with Gasteiger partial charge in [-0.15, -0.1) is 22.7 Å². The van der Waals surface area contributed by atoms with Crippen LogP contribution in [0.15, 0.2) is 36.1 Å². The molecule has 0 fully saturated rings. The number of carbonyl (C=O) groups excluding carboxylic acids is 1. The number of pyridine rings is 1. The van der Waals surface area contributed by atoms with Crippen molar-refractivity contribution in [2.45, 2.75) is 47.0 Å². The molecule has 0 aliphatic heterocycles. The lowest BCUT2D eigenvalue weighted by Crippen LogP contribution is -2.35. The number of thiazole rings is 2. The lowest BCUT2D eigenvalue weighted by Gasteiger charge is -2.25. The molecular formula is C28H34N8O3S2. The molecule has 0 radical (unpaired) electrons. The van der Waals surface area contributed by atoms with Crippen LogP contribution in [0.5, 0.6) is 0 Å². The van der Waals surface area contributed by atoms with Crippen LogP contribution in [-0.4, -0.2) is 73.0 Å². The number of carbonyl (C=O) groups is 2. The number of anilines is 3. The molecule has 11 nitrogen and oxygen atoms in total. The summed E-state index contributed by atoms with van der Waals surface area (Å²) in [6.07, 6.45) is 6.82. The Balaban J connectivity index is 1.36. The van der Waals surface area contributed by atoms with E-state index < -0.39 is 5.97 Å². The van der Waals surface area contributed by atoms with Gasteiger partial charge in [0.05, 0.1) is 32.4 Å². The number of unbranched alkanes of at least 4 members (excludes halogenated alkanes) is 1. The first-order valence-electron chi connectivity index (χ1n) is 13.5. The van der Waals surface area contributed by atoms with Gasteiger partial charge < -0.3 is 20.2 Å². The minimum atomic E-state index is -1.06. The monoisotopic (exact) mass is 594 g/mol. The second kappa shape index (κ2) is 14.1. The molecule has 41 heavy (non-hydrogen) atoms. The summed E-state index contributed by atoms with van der Waals surface area (Å²) in [6, 6.07) is 3.59. The number of hydrogen-bond donors (Lipinski definition) is 2. The highest BCUT2D eigenvalue weighted by Crippen LogP contribution is 2.32. The third-order valence-corrected chi connectivity index (χ3v) is 8.21. The van der Waals surface area contributed by atoms with Crippen molar-refractivity contribution < 1.29 is 14.7 Å². The van der Waals surface area contributed by atoms with Gasteiger partial charge in [-0.1, -0.05) is 13.3 Å². The van der Waals surface area contributed by atoms with Crippen LogP contribution in [0.25, 0.3) is 10.6 Å². The largest absolute Gasteiger partial charge is 0.478 e. The van der Waals surface area contributed by atoms with E-state index in [0.717, 1.165) is 39.2 Å². The molecular weight excluding hydrogens is 560 g/mol. The summed E-state index contributed by atoms with van der Waals surface area (Å²) in [6.45, 7) is 10.6. The van der Waals surface area contributed by atoms with E-state index in [1.165, 1.54) is 23.7 Å². The Hall–Kier alpha value is -3.97. The van der Waals surface area contributed by atoms with Gasteiger partial charge in [0, 0.05) is 50.1 Å². The lowest BCUT2D eigenvalue weighted by molar-refractivity contribution is 0.0694. The van der Waals surface area contributed by atoms with E-state index in [4.69, 9.17) is 5.11 Å². The Kier molecular flexibility index (Phi) is 10.3. The van der Waals surface area contributed by atoms with Crippen LogP contribution >= 0.6 is 22.7 Å². The maximum absolute atomic E-state index is 13.4. The summed E-state index contributed by atoms with van der Waals surface area (Å²) in [5, 5.41) is 16.1. The van der Waals surface area contributed by atoms with Crippen molar-refractivity contribution >= 4 is 51.4 Å². The first kappa shape index (κ1) is 30.0. The van der Waals surface area contributed by atoms with Gasteiger partial charge in [-0.05, 0) is 45.7 Å². The SMILES string of the molecule is CCCCN(CCCN(CC)c1ncc(C(=O)O)cn1)C(=O)c1ccc(Nc2nc(-c3sc(C)nc3C)cs2)nc1. The third kappa shape index (κ3) is 7.82. The minimum absolute atomic E-state index is 0.0495. The molecule has 0 bridgehead atoms. The average molecular weight is 595 g/mol. The van der Waals surface area contributed by atoms with Crippen LogP contribution in [0.1, 0.15) is 64.5 Å². The Morgan fingerprint density at radius 2 is 1.68 bits per heavy atom. The van der Waals surface area contributed by atoms with Crippen LogP contribution in [0, 0.1) is 13.8 Å². The van der Waals surface area contributed by atoms with Crippen molar-refractivity contribution in [3.8, 4) is 10.6 Å². The van der Waals surface area contributed by atoms with Gasteiger partial charge in [0.15, 0.2) is 5.13 Å². The number of aromatic nitrogens is 5. The number of hydrogen-bond acceptors (Lipinski definition) is 11. The molecule has 0 aliphatic carbocycles. The highest BCUT2D eigenvalue weighted by molar-refractivity contribution is 7.16.